The fourth-order valence-corrected chi connectivity index (χ4v) is 6.78. The van der Waals surface area contributed by atoms with Gasteiger partial charge in [-0.25, -0.2) is 0 Å². The lowest BCUT2D eigenvalue weighted by molar-refractivity contribution is -0.0325. The number of rotatable bonds is 6. The number of likely N-dealkylation sites (tertiary alicyclic amines) is 1. The van der Waals surface area contributed by atoms with Crippen molar-refractivity contribution in [2.75, 3.05) is 37.6 Å². The van der Waals surface area contributed by atoms with Crippen LogP contribution >= 0.6 is 36.4 Å². The number of hydrogen-bond acceptors (Lipinski definition) is 3. The van der Waals surface area contributed by atoms with E-state index in [0.29, 0.717) is 5.92 Å². The zero-order valence-corrected chi connectivity index (χ0v) is 23.1. The number of halogens is 3. The minimum Gasteiger partial charge on any atom is -0.389 e. The first-order valence-electron chi connectivity index (χ1n) is 13.2. The van der Waals surface area contributed by atoms with Crippen LogP contribution < -0.4 is 4.90 Å². The SMILES string of the molecule is Cl.Cl.OC1(C(CN2CCC(c3ccccc3N3CCCC3)CC2)c2cccc(Cl)c2)CCCCC1. The molecule has 1 N–H and O–H groups in total. The lowest BCUT2D eigenvalue weighted by Gasteiger charge is -2.43. The van der Waals surface area contributed by atoms with Crippen LogP contribution in [-0.4, -0.2) is 48.3 Å². The summed E-state index contributed by atoms with van der Waals surface area (Å²) in [7, 11) is 0. The number of benzene rings is 2. The highest BCUT2D eigenvalue weighted by Crippen LogP contribution is 2.42. The van der Waals surface area contributed by atoms with Crippen molar-refractivity contribution in [2.45, 2.75) is 75.2 Å². The minimum atomic E-state index is -0.609. The highest BCUT2D eigenvalue weighted by atomic mass is 35.5. The van der Waals surface area contributed by atoms with Crippen LogP contribution in [0.15, 0.2) is 48.5 Å². The molecular formula is C29H41Cl3N2O. The number of piperidine rings is 1. The zero-order chi connectivity index (χ0) is 22.7. The fourth-order valence-electron chi connectivity index (χ4n) is 6.58. The maximum Gasteiger partial charge on any atom is 0.0728 e. The molecule has 2 heterocycles. The van der Waals surface area contributed by atoms with Gasteiger partial charge in [-0.15, -0.1) is 24.8 Å². The van der Waals surface area contributed by atoms with Gasteiger partial charge in [-0.1, -0.05) is 61.2 Å². The number of hydrogen-bond donors (Lipinski definition) is 1. The molecule has 0 radical (unpaired) electrons. The smallest absolute Gasteiger partial charge is 0.0728 e. The third-order valence-electron chi connectivity index (χ3n) is 8.47. The summed E-state index contributed by atoms with van der Waals surface area (Å²) in [5, 5.41) is 12.5. The van der Waals surface area contributed by atoms with Crippen molar-refractivity contribution >= 4 is 42.1 Å². The Hall–Kier alpha value is -0.970. The molecule has 5 rings (SSSR count). The molecule has 0 bridgehead atoms. The highest BCUT2D eigenvalue weighted by molar-refractivity contribution is 6.30. The van der Waals surface area contributed by atoms with Crippen molar-refractivity contribution in [3.63, 3.8) is 0 Å². The van der Waals surface area contributed by atoms with E-state index < -0.39 is 5.60 Å². The van der Waals surface area contributed by atoms with Crippen molar-refractivity contribution in [1.29, 1.82) is 0 Å². The Labute approximate surface area is 229 Å². The van der Waals surface area contributed by atoms with E-state index in [4.69, 9.17) is 11.6 Å². The lowest BCUT2D eigenvalue weighted by atomic mass is 9.72. The molecule has 35 heavy (non-hydrogen) atoms. The van der Waals surface area contributed by atoms with Gasteiger partial charge in [0.1, 0.15) is 0 Å². The average Bonchev–Trinajstić information content (AvgIpc) is 3.38. The Kier molecular flexibility index (Phi) is 10.6. The number of para-hydroxylation sites is 1. The second kappa shape index (κ2) is 13.0. The highest BCUT2D eigenvalue weighted by Gasteiger charge is 2.40. The van der Waals surface area contributed by atoms with Crippen LogP contribution in [0.1, 0.15) is 80.8 Å². The summed E-state index contributed by atoms with van der Waals surface area (Å²) in [6.07, 6.45) is 10.4. The Bertz CT molecular complexity index is 920. The molecule has 0 spiro atoms. The van der Waals surface area contributed by atoms with E-state index in [2.05, 4.69) is 46.2 Å². The van der Waals surface area contributed by atoms with Gasteiger partial charge < -0.3 is 14.9 Å². The molecule has 1 unspecified atom stereocenters. The van der Waals surface area contributed by atoms with E-state index >= 15 is 0 Å². The molecule has 2 aliphatic heterocycles. The Morgan fingerprint density at radius 3 is 2.23 bits per heavy atom. The van der Waals surface area contributed by atoms with Gasteiger partial charge in [0.2, 0.25) is 0 Å². The Balaban J connectivity index is 0.00000171. The molecule has 0 aromatic heterocycles. The van der Waals surface area contributed by atoms with Gasteiger partial charge in [0.15, 0.2) is 0 Å². The molecule has 3 nitrogen and oxygen atoms in total. The summed E-state index contributed by atoms with van der Waals surface area (Å²) >= 11 is 6.37. The van der Waals surface area contributed by atoms with Crippen LogP contribution in [0.25, 0.3) is 0 Å². The third kappa shape index (κ3) is 6.67. The number of nitrogens with zero attached hydrogens (tertiary/aromatic N) is 2. The second-order valence-electron chi connectivity index (χ2n) is 10.6. The predicted molar refractivity (Wildman–Crippen MR) is 153 cm³/mol. The van der Waals surface area contributed by atoms with Gasteiger partial charge in [0.25, 0.3) is 0 Å². The predicted octanol–water partition coefficient (Wildman–Crippen LogP) is 7.44. The summed E-state index contributed by atoms with van der Waals surface area (Å²) in [5.41, 5.74) is 3.62. The maximum absolute atomic E-state index is 11.7. The molecule has 3 fully saturated rings. The molecule has 194 valence electrons. The normalized spacial score (nSPS) is 21.7. The Morgan fingerprint density at radius 1 is 0.857 bits per heavy atom. The van der Waals surface area contributed by atoms with Crippen LogP contribution in [-0.2, 0) is 0 Å². The van der Waals surface area contributed by atoms with Gasteiger partial charge in [-0.3, -0.25) is 0 Å². The first-order chi connectivity index (χ1) is 16.1. The van der Waals surface area contributed by atoms with Crippen LogP contribution in [0, 0.1) is 0 Å². The molecule has 1 aliphatic carbocycles. The minimum absolute atomic E-state index is 0. The summed E-state index contributed by atoms with van der Waals surface area (Å²) in [5.74, 6) is 0.769. The first kappa shape index (κ1) is 28.6. The van der Waals surface area contributed by atoms with Crippen LogP contribution in [0.4, 0.5) is 5.69 Å². The molecule has 2 aromatic rings. The summed E-state index contributed by atoms with van der Waals surface area (Å²) in [4.78, 5) is 5.20. The monoisotopic (exact) mass is 538 g/mol. The van der Waals surface area contributed by atoms with Crippen molar-refractivity contribution in [3.8, 4) is 0 Å². The van der Waals surface area contributed by atoms with E-state index in [0.717, 1.165) is 50.3 Å². The second-order valence-corrected chi connectivity index (χ2v) is 11.0. The molecule has 1 atom stereocenters. The number of anilines is 1. The van der Waals surface area contributed by atoms with Gasteiger partial charge in [0, 0.05) is 36.3 Å². The zero-order valence-electron chi connectivity index (χ0n) is 20.7. The molecule has 3 aliphatic rings. The summed E-state index contributed by atoms with van der Waals surface area (Å²) in [6, 6.07) is 17.4. The largest absolute Gasteiger partial charge is 0.389 e. The topological polar surface area (TPSA) is 26.7 Å². The lowest BCUT2D eigenvalue weighted by Crippen LogP contribution is -2.46. The van der Waals surface area contributed by atoms with E-state index in [-0.39, 0.29) is 30.7 Å². The van der Waals surface area contributed by atoms with Crippen molar-refractivity contribution in [1.82, 2.24) is 4.90 Å². The van der Waals surface area contributed by atoms with Crippen LogP contribution in [0.3, 0.4) is 0 Å². The summed E-state index contributed by atoms with van der Waals surface area (Å²) < 4.78 is 0. The van der Waals surface area contributed by atoms with Gasteiger partial charge >= 0.3 is 0 Å². The van der Waals surface area contributed by atoms with E-state index in [1.54, 1.807) is 5.56 Å². The molecule has 0 amide bonds. The van der Waals surface area contributed by atoms with E-state index in [9.17, 15) is 5.11 Å². The van der Waals surface area contributed by atoms with Gasteiger partial charge in [-0.2, -0.15) is 0 Å². The maximum atomic E-state index is 11.7. The standard InChI is InChI=1S/C29H39ClN2O.2ClH/c30-25-10-8-9-24(21-25)27(29(33)15-4-1-5-16-29)22-31-19-13-23(14-20-31)26-11-2-3-12-28(26)32-17-6-7-18-32;;/h2-3,8-12,21,23,27,33H,1,4-7,13-20,22H2;2*1H. The van der Waals surface area contributed by atoms with Gasteiger partial charge in [-0.05, 0) is 86.9 Å². The van der Waals surface area contributed by atoms with Gasteiger partial charge in [0.05, 0.1) is 5.60 Å². The molecule has 2 aromatic carbocycles. The first-order valence-corrected chi connectivity index (χ1v) is 13.5. The third-order valence-corrected chi connectivity index (χ3v) is 8.71. The number of aliphatic hydroxyl groups is 1. The van der Waals surface area contributed by atoms with E-state index in [1.807, 2.05) is 12.1 Å². The van der Waals surface area contributed by atoms with Crippen LogP contribution in [0.2, 0.25) is 5.02 Å². The average molecular weight is 540 g/mol. The molecule has 2 saturated heterocycles. The molecule has 6 heteroatoms. The Morgan fingerprint density at radius 2 is 1.54 bits per heavy atom. The molecular weight excluding hydrogens is 499 g/mol. The molecule has 1 saturated carbocycles. The van der Waals surface area contributed by atoms with Crippen molar-refractivity contribution in [3.05, 3.63) is 64.7 Å². The van der Waals surface area contributed by atoms with Crippen LogP contribution in [0.5, 0.6) is 0 Å². The summed E-state index contributed by atoms with van der Waals surface area (Å²) in [6.45, 7) is 5.54. The van der Waals surface area contributed by atoms with E-state index in [1.165, 1.54) is 56.4 Å². The quantitative estimate of drug-likeness (QED) is 0.413. The van der Waals surface area contributed by atoms with Crippen molar-refractivity contribution < 1.29 is 5.11 Å². The fraction of sp³-hybridized carbons (Fsp3) is 0.586. The van der Waals surface area contributed by atoms with Crippen molar-refractivity contribution in [2.24, 2.45) is 0 Å².